The van der Waals surface area contributed by atoms with Crippen molar-refractivity contribution in [1.82, 2.24) is 10.6 Å². The number of hydrogen-bond acceptors (Lipinski definition) is 4. The van der Waals surface area contributed by atoms with Crippen molar-refractivity contribution in [2.75, 3.05) is 0 Å². The molecule has 0 heterocycles. The second kappa shape index (κ2) is 12.1. The molecular weight excluding hydrogens is 430 g/mol. The highest BCUT2D eigenvalue weighted by atomic mass is 16.2. The van der Waals surface area contributed by atoms with E-state index in [2.05, 4.69) is 10.6 Å². The van der Waals surface area contributed by atoms with Gasteiger partial charge in [-0.25, -0.2) is 0 Å². The molecule has 0 saturated heterocycles. The molecule has 0 radical (unpaired) electrons. The average Bonchev–Trinajstić information content (AvgIpc) is 2.84. The first-order valence-electron chi connectivity index (χ1n) is 11.9. The Balaban J connectivity index is 1.66. The third-order valence-corrected chi connectivity index (χ3v) is 6.43. The van der Waals surface area contributed by atoms with Crippen molar-refractivity contribution in [2.45, 2.75) is 57.5 Å². The van der Waals surface area contributed by atoms with Gasteiger partial charge < -0.3 is 16.4 Å². The zero-order valence-electron chi connectivity index (χ0n) is 19.5. The van der Waals surface area contributed by atoms with E-state index in [4.69, 9.17) is 5.73 Å². The Morgan fingerprint density at radius 2 is 1.56 bits per heavy atom. The highest BCUT2D eigenvalue weighted by Crippen LogP contribution is 2.24. The maximum atomic E-state index is 13.2. The lowest BCUT2D eigenvalue weighted by molar-refractivity contribution is -0.131. The minimum atomic E-state index is -0.765. The number of carbonyl (C=O) groups is 4. The fourth-order valence-corrected chi connectivity index (χ4v) is 4.43. The van der Waals surface area contributed by atoms with Crippen molar-refractivity contribution in [1.29, 1.82) is 0 Å². The van der Waals surface area contributed by atoms with Crippen molar-refractivity contribution in [3.63, 3.8) is 0 Å². The zero-order valence-corrected chi connectivity index (χ0v) is 19.5. The molecule has 34 heavy (non-hydrogen) atoms. The van der Waals surface area contributed by atoms with Gasteiger partial charge in [-0.2, -0.15) is 0 Å². The number of carbonyl (C=O) groups excluding carboxylic acids is 4. The van der Waals surface area contributed by atoms with Crippen LogP contribution in [0.1, 0.15) is 54.9 Å². The van der Waals surface area contributed by atoms with Crippen molar-refractivity contribution in [3.8, 4) is 0 Å². The van der Waals surface area contributed by atoms with Crippen LogP contribution in [0.15, 0.2) is 60.7 Å². The predicted molar refractivity (Wildman–Crippen MR) is 130 cm³/mol. The zero-order chi connectivity index (χ0) is 24.5. The van der Waals surface area contributed by atoms with Gasteiger partial charge in [0.15, 0.2) is 5.78 Å². The molecule has 0 aliphatic heterocycles. The highest BCUT2D eigenvalue weighted by Gasteiger charge is 2.32. The Labute approximate surface area is 200 Å². The number of hydrogen-bond donors (Lipinski definition) is 3. The molecule has 0 spiro atoms. The second-order valence-electron chi connectivity index (χ2n) is 9.06. The number of nitrogens with one attached hydrogen (secondary N) is 2. The van der Waals surface area contributed by atoms with Gasteiger partial charge in [-0.3, -0.25) is 19.2 Å². The molecule has 0 aromatic heterocycles. The van der Waals surface area contributed by atoms with Gasteiger partial charge in [-0.1, -0.05) is 68.3 Å². The SMILES string of the molecule is CC(CC(=O)[C@H](Cc1ccccc1)NC(=O)c1ccccc1)C(=O)N[C@@H]1CCCC[C@@H]1C(N)=O. The maximum Gasteiger partial charge on any atom is 0.251 e. The molecule has 7 heteroatoms. The van der Waals surface area contributed by atoms with Crippen LogP contribution in [0.25, 0.3) is 0 Å². The van der Waals surface area contributed by atoms with Gasteiger partial charge in [0, 0.05) is 23.9 Å². The van der Waals surface area contributed by atoms with E-state index in [1.807, 2.05) is 36.4 Å². The second-order valence-corrected chi connectivity index (χ2v) is 9.06. The summed E-state index contributed by atoms with van der Waals surface area (Å²) in [6.45, 7) is 1.69. The van der Waals surface area contributed by atoms with Gasteiger partial charge in [-0.05, 0) is 37.0 Å². The van der Waals surface area contributed by atoms with E-state index < -0.39 is 17.9 Å². The van der Waals surface area contributed by atoms with Crippen LogP contribution in [0.4, 0.5) is 0 Å². The third-order valence-electron chi connectivity index (χ3n) is 6.43. The van der Waals surface area contributed by atoms with Gasteiger partial charge >= 0.3 is 0 Å². The number of ketones is 1. The molecule has 1 fully saturated rings. The molecule has 1 aliphatic rings. The summed E-state index contributed by atoms with van der Waals surface area (Å²) < 4.78 is 0. The molecule has 3 amide bonds. The molecule has 180 valence electrons. The van der Waals surface area contributed by atoms with E-state index in [0.717, 1.165) is 18.4 Å². The first-order valence-corrected chi connectivity index (χ1v) is 11.9. The van der Waals surface area contributed by atoms with Crippen LogP contribution >= 0.6 is 0 Å². The number of nitrogens with two attached hydrogens (primary N) is 1. The quantitative estimate of drug-likeness (QED) is 0.502. The van der Waals surface area contributed by atoms with Crippen LogP contribution in [0, 0.1) is 11.8 Å². The molecule has 0 bridgehead atoms. The van der Waals surface area contributed by atoms with Gasteiger partial charge in [0.25, 0.3) is 5.91 Å². The largest absolute Gasteiger partial charge is 0.369 e. The first-order chi connectivity index (χ1) is 16.3. The van der Waals surface area contributed by atoms with Crippen LogP contribution in [-0.2, 0) is 20.8 Å². The van der Waals surface area contributed by atoms with Crippen LogP contribution in [0.2, 0.25) is 0 Å². The summed E-state index contributed by atoms with van der Waals surface area (Å²) in [7, 11) is 0. The standard InChI is InChI=1S/C27H33N3O4/c1-18(26(33)29-22-15-9-8-14-21(22)25(28)32)16-24(31)23(17-19-10-4-2-5-11-19)30-27(34)20-12-6-3-7-13-20/h2-7,10-13,18,21-23H,8-9,14-17H2,1H3,(H2,28,32)(H,29,33)(H,30,34)/t18?,21-,22+,23-/m0/s1. The molecule has 1 saturated carbocycles. The molecule has 4 atom stereocenters. The summed E-state index contributed by atoms with van der Waals surface area (Å²) >= 11 is 0. The monoisotopic (exact) mass is 463 g/mol. The smallest absolute Gasteiger partial charge is 0.251 e. The number of primary amides is 1. The summed E-state index contributed by atoms with van der Waals surface area (Å²) in [5.74, 6) is -2.21. The number of amides is 3. The topological polar surface area (TPSA) is 118 Å². The van der Waals surface area contributed by atoms with Gasteiger partial charge in [0.05, 0.1) is 12.0 Å². The van der Waals surface area contributed by atoms with E-state index in [1.54, 1.807) is 31.2 Å². The molecular formula is C27H33N3O4. The molecule has 7 nitrogen and oxygen atoms in total. The highest BCUT2D eigenvalue weighted by molar-refractivity contribution is 5.98. The molecule has 2 aromatic carbocycles. The Morgan fingerprint density at radius 3 is 2.21 bits per heavy atom. The molecule has 3 rings (SSSR count). The van der Waals surface area contributed by atoms with Crippen molar-refractivity contribution in [3.05, 3.63) is 71.8 Å². The predicted octanol–water partition coefficient (Wildman–Crippen LogP) is 2.78. The van der Waals surface area contributed by atoms with E-state index in [-0.39, 0.29) is 36.0 Å². The summed E-state index contributed by atoms with van der Waals surface area (Å²) in [4.78, 5) is 50.6. The van der Waals surface area contributed by atoms with Crippen LogP contribution in [-0.4, -0.2) is 35.6 Å². The lowest BCUT2D eigenvalue weighted by atomic mass is 9.83. The Hall–Kier alpha value is -3.48. The van der Waals surface area contributed by atoms with E-state index in [0.29, 0.717) is 24.8 Å². The molecule has 2 aromatic rings. The Morgan fingerprint density at radius 1 is 0.941 bits per heavy atom. The Kier molecular flexibility index (Phi) is 8.96. The number of rotatable bonds is 10. The van der Waals surface area contributed by atoms with Gasteiger partial charge in [0.1, 0.15) is 0 Å². The van der Waals surface area contributed by atoms with Crippen LogP contribution < -0.4 is 16.4 Å². The minimum Gasteiger partial charge on any atom is -0.369 e. The summed E-state index contributed by atoms with van der Waals surface area (Å²) in [6.07, 6.45) is 3.51. The van der Waals surface area contributed by atoms with E-state index in [9.17, 15) is 19.2 Å². The molecule has 1 unspecified atom stereocenters. The van der Waals surface area contributed by atoms with Gasteiger partial charge in [-0.15, -0.1) is 0 Å². The number of Topliss-reactive ketones (excluding diaryl/α,β-unsaturated/α-hetero) is 1. The summed E-state index contributed by atoms with van der Waals surface area (Å²) in [5.41, 5.74) is 6.89. The molecule has 4 N–H and O–H groups in total. The van der Waals surface area contributed by atoms with E-state index in [1.165, 1.54) is 0 Å². The van der Waals surface area contributed by atoms with E-state index >= 15 is 0 Å². The fourth-order valence-electron chi connectivity index (χ4n) is 4.43. The van der Waals surface area contributed by atoms with Crippen molar-refractivity contribution in [2.24, 2.45) is 17.6 Å². The molecule has 1 aliphatic carbocycles. The van der Waals surface area contributed by atoms with Crippen LogP contribution in [0.5, 0.6) is 0 Å². The minimum absolute atomic E-state index is 0.0215. The summed E-state index contributed by atoms with van der Waals surface area (Å²) in [6, 6.07) is 17.1. The van der Waals surface area contributed by atoms with Gasteiger partial charge in [0.2, 0.25) is 11.8 Å². The first kappa shape index (κ1) is 25.1. The number of benzene rings is 2. The lowest BCUT2D eigenvalue weighted by Crippen LogP contribution is -2.49. The summed E-state index contributed by atoms with van der Waals surface area (Å²) in [5, 5.41) is 5.78. The van der Waals surface area contributed by atoms with Crippen molar-refractivity contribution < 1.29 is 19.2 Å². The van der Waals surface area contributed by atoms with Crippen molar-refractivity contribution >= 4 is 23.5 Å². The Bertz CT molecular complexity index is 993. The average molecular weight is 464 g/mol. The fraction of sp³-hybridized carbons (Fsp3) is 0.407. The lowest BCUT2D eigenvalue weighted by Gasteiger charge is -2.31. The third kappa shape index (κ3) is 7.01. The normalized spacial score (nSPS) is 19.4. The maximum absolute atomic E-state index is 13.2. The van der Waals surface area contributed by atoms with Crippen LogP contribution in [0.3, 0.4) is 0 Å².